The molecule has 25 heavy (non-hydrogen) atoms. The molecule has 0 bridgehead atoms. The topological polar surface area (TPSA) is 35.2 Å². The highest BCUT2D eigenvalue weighted by atomic mass is 19.1. The lowest BCUT2D eigenvalue weighted by Crippen LogP contribution is -2.05. The largest absolute Gasteiger partial charge is 0.494 e. The van der Waals surface area contributed by atoms with Crippen molar-refractivity contribution in [1.82, 2.24) is 0 Å². The van der Waals surface area contributed by atoms with E-state index in [0.29, 0.717) is 13.2 Å². The van der Waals surface area contributed by atoms with E-state index in [2.05, 4.69) is 39.0 Å². The molecule has 0 aromatic heterocycles. The average molecular weight is 346 g/mol. The summed E-state index contributed by atoms with van der Waals surface area (Å²) in [5.74, 6) is 0.768. The highest BCUT2D eigenvalue weighted by Gasteiger charge is 2.05. The first-order valence-electron chi connectivity index (χ1n) is 9.17. The van der Waals surface area contributed by atoms with Crippen molar-refractivity contribution in [2.75, 3.05) is 13.2 Å². The molecule has 0 amide bonds. The Kier molecular flexibility index (Phi) is 9.86. The number of ether oxygens (including phenoxy) is 1. The minimum absolute atomic E-state index is 0.198. The van der Waals surface area contributed by atoms with E-state index >= 15 is 0 Å². The summed E-state index contributed by atoms with van der Waals surface area (Å²) in [7, 11) is 0. The summed E-state index contributed by atoms with van der Waals surface area (Å²) in [4.78, 5) is 0. The molecule has 0 unspecified atom stereocenters. The van der Waals surface area contributed by atoms with E-state index in [9.17, 15) is 4.39 Å². The maximum absolute atomic E-state index is 13.4. The molecule has 0 atom stereocenters. The smallest absolute Gasteiger partial charge is 0.123 e. The minimum Gasteiger partial charge on any atom is -0.494 e. The lowest BCUT2D eigenvalue weighted by molar-refractivity contribution is 0.215. The van der Waals surface area contributed by atoms with Crippen molar-refractivity contribution in [3.8, 4) is 0 Å². The maximum Gasteiger partial charge on any atom is 0.123 e. The zero-order valence-electron chi connectivity index (χ0n) is 16.1. The minimum atomic E-state index is -0.198. The molecule has 1 aromatic rings. The number of nitrogens with two attached hydrogens (primary N) is 1. The van der Waals surface area contributed by atoms with E-state index in [1.165, 1.54) is 17.2 Å². The first-order valence-corrected chi connectivity index (χ1v) is 9.17. The number of hydrogen-bond donors (Lipinski definition) is 1. The summed E-state index contributed by atoms with van der Waals surface area (Å²) in [5.41, 5.74) is 9.96. The molecular weight excluding hydrogens is 313 g/mol. The molecule has 0 heterocycles. The molecule has 0 saturated carbocycles. The van der Waals surface area contributed by atoms with E-state index in [-0.39, 0.29) is 5.82 Å². The zero-order valence-corrected chi connectivity index (χ0v) is 16.1. The number of rotatable bonds is 10. The van der Waals surface area contributed by atoms with E-state index < -0.39 is 0 Å². The molecule has 0 aliphatic heterocycles. The molecule has 138 valence electrons. The number of halogens is 1. The normalized spacial score (nSPS) is 13.3. The van der Waals surface area contributed by atoms with Gasteiger partial charge >= 0.3 is 0 Å². The predicted octanol–water partition coefficient (Wildman–Crippen LogP) is 5.92. The molecule has 0 saturated heterocycles. The molecule has 2 N–H and O–H groups in total. The van der Waals surface area contributed by atoms with Crippen molar-refractivity contribution >= 4 is 6.08 Å². The molecule has 0 spiro atoms. The Morgan fingerprint density at radius 2 is 2.00 bits per heavy atom. The Morgan fingerprint density at radius 1 is 1.24 bits per heavy atom. The van der Waals surface area contributed by atoms with Gasteiger partial charge in [-0.1, -0.05) is 37.6 Å². The van der Waals surface area contributed by atoms with Gasteiger partial charge in [-0.15, -0.1) is 0 Å². The Bertz CT molecular complexity index is 629. The van der Waals surface area contributed by atoms with Gasteiger partial charge in [0.05, 0.1) is 6.61 Å². The maximum atomic E-state index is 13.4. The molecule has 0 aliphatic rings. The van der Waals surface area contributed by atoms with Crippen molar-refractivity contribution in [3.63, 3.8) is 0 Å². The van der Waals surface area contributed by atoms with E-state index in [0.717, 1.165) is 42.6 Å². The molecular formula is C22H32FNO. The van der Waals surface area contributed by atoms with Crippen LogP contribution in [0.4, 0.5) is 4.39 Å². The molecule has 0 radical (unpaired) electrons. The number of benzene rings is 1. The quantitative estimate of drug-likeness (QED) is 0.324. The first kappa shape index (κ1) is 21.2. The fraction of sp³-hybridized carbons (Fsp3) is 0.455. The van der Waals surface area contributed by atoms with Crippen molar-refractivity contribution < 1.29 is 9.13 Å². The fourth-order valence-electron chi connectivity index (χ4n) is 2.53. The van der Waals surface area contributed by atoms with Gasteiger partial charge in [0.25, 0.3) is 0 Å². The fourth-order valence-corrected chi connectivity index (χ4v) is 2.53. The van der Waals surface area contributed by atoms with Crippen LogP contribution in [0, 0.1) is 12.7 Å². The van der Waals surface area contributed by atoms with Crippen LogP contribution in [-0.4, -0.2) is 13.2 Å². The second kappa shape index (κ2) is 11.6. The zero-order chi connectivity index (χ0) is 18.7. The van der Waals surface area contributed by atoms with Gasteiger partial charge in [0, 0.05) is 0 Å². The van der Waals surface area contributed by atoms with E-state index in [1.54, 1.807) is 6.07 Å². The van der Waals surface area contributed by atoms with E-state index in [1.807, 2.05) is 13.0 Å². The SMILES string of the molecule is CC/C=C(OCCCN)\C(=C/C/C(C)=C/c1cc(F)ccc1C)CC. The molecule has 1 rings (SSSR count). The van der Waals surface area contributed by atoms with Crippen LogP contribution in [0.3, 0.4) is 0 Å². The average Bonchev–Trinajstić information content (AvgIpc) is 2.58. The van der Waals surface area contributed by atoms with Gasteiger partial charge in [-0.2, -0.15) is 0 Å². The van der Waals surface area contributed by atoms with Crippen molar-refractivity contribution in [1.29, 1.82) is 0 Å². The second-order valence-corrected chi connectivity index (χ2v) is 6.25. The van der Waals surface area contributed by atoms with Gasteiger partial charge in [-0.25, -0.2) is 4.39 Å². The predicted molar refractivity (Wildman–Crippen MR) is 106 cm³/mol. The highest BCUT2D eigenvalue weighted by molar-refractivity contribution is 5.56. The molecule has 2 nitrogen and oxygen atoms in total. The van der Waals surface area contributed by atoms with Crippen molar-refractivity contribution in [2.45, 2.75) is 53.4 Å². The second-order valence-electron chi connectivity index (χ2n) is 6.25. The Balaban J connectivity index is 2.88. The van der Waals surface area contributed by atoms with E-state index in [4.69, 9.17) is 10.5 Å². The molecule has 3 heteroatoms. The first-order chi connectivity index (χ1) is 12.0. The summed E-state index contributed by atoms with van der Waals surface area (Å²) in [6, 6.07) is 4.90. The Hall–Kier alpha value is -1.87. The Morgan fingerprint density at radius 3 is 2.64 bits per heavy atom. The van der Waals surface area contributed by atoms with Crippen LogP contribution in [0.25, 0.3) is 6.08 Å². The summed E-state index contributed by atoms with van der Waals surface area (Å²) in [5, 5.41) is 0. The van der Waals surface area contributed by atoms with Gasteiger partial charge in [-0.3, -0.25) is 0 Å². The summed E-state index contributed by atoms with van der Waals surface area (Å²) in [6.45, 7) is 9.61. The van der Waals surface area contributed by atoms with Crippen LogP contribution < -0.4 is 5.73 Å². The third-order valence-corrected chi connectivity index (χ3v) is 4.01. The standard InChI is InChI=1S/C22H32FNO/c1-5-8-22(25-14-7-13-24)19(6-2)11-9-17(3)15-20-16-21(23)12-10-18(20)4/h8,10-12,15-16H,5-7,9,13-14,24H2,1-4H3/b17-15+,19-11-,22-8+. The number of aryl methyl sites for hydroxylation is 1. The van der Waals surface area contributed by atoms with Crippen LogP contribution in [0.2, 0.25) is 0 Å². The third-order valence-electron chi connectivity index (χ3n) is 4.01. The lowest BCUT2D eigenvalue weighted by atomic mass is 10.0. The van der Waals surface area contributed by atoms with Crippen molar-refractivity contribution in [3.05, 3.63) is 64.2 Å². The summed E-state index contributed by atoms with van der Waals surface area (Å²) in [6.07, 6.45) is 9.93. The monoisotopic (exact) mass is 345 g/mol. The van der Waals surface area contributed by atoms with Gasteiger partial charge in [-0.05, 0) is 81.0 Å². The Labute approximate surface area is 152 Å². The van der Waals surface area contributed by atoms with Crippen LogP contribution in [0.15, 0.2) is 47.3 Å². The summed E-state index contributed by atoms with van der Waals surface area (Å²) >= 11 is 0. The van der Waals surface area contributed by atoms with Gasteiger partial charge < -0.3 is 10.5 Å². The molecule has 1 aromatic carbocycles. The van der Waals surface area contributed by atoms with Crippen LogP contribution in [-0.2, 0) is 4.74 Å². The van der Waals surface area contributed by atoms with Gasteiger partial charge in [0.1, 0.15) is 11.6 Å². The lowest BCUT2D eigenvalue weighted by Gasteiger charge is -2.13. The van der Waals surface area contributed by atoms with Gasteiger partial charge in [0.2, 0.25) is 0 Å². The number of hydrogen-bond acceptors (Lipinski definition) is 2. The number of allylic oxidation sites excluding steroid dienone is 4. The highest BCUT2D eigenvalue weighted by Crippen LogP contribution is 2.21. The van der Waals surface area contributed by atoms with Crippen LogP contribution in [0.5, 0.6) is 0 Å². The molecule has 0 fully saturated rings. The summed E-state index contributed by atoms with van der Waals surface area (Å²) < 4.78 is 19.3. The van der Waals surface area contributed by atoms with Crippen LogP contribution >= 0.6 is 0 Å². The molecule has 0 aliphatic carbocycles. The van der Waals surface area contributed by atoms with Crippen LogP contribution in [0.1, 0.15) is 57.6 Å². The van der Waals surface area contributed by atoms with Gasteiger partial charge in [0.15, 0.2) is 0 Å². The van der Waals surface area contributed by atoms with Crippen molar-refractivity contribution in [2.24, 2.45) is 5.73 Å². The third kappa shape index (κ3) is 7.70.